The number of amides is 1. The smallest absolute Gasteiger partial charge is 0.253 e. The second kappa shape index (κ2) is 8.96. The maximum absolute atomic E-state index is 12.8. The molecule has 0 saturated carbocycles. The SMILES string of the molecule is CCNS(=O)(=O)c1ccc(C)c(C(=O)N(C)CCCc2ccccc2)c1. The highest BCUT2D eigenvalue weighted by atomic mass is 32.2. The third-order valence-electron chi connectivity index (χ3n) is 4.23. The molecular weight excluding hydrogens is 348 g/mol. The fraction of sp³-hybridized carbons (Fsp3) is 0.350. The molecule has 0 spiro atoms. The Kier molecular flexibility index (Phi) is 6.94. The van der Waals surface area contributed by atoms with E-state index in [4.69, 9.17) is 0 Å². The first-order valence-corrected chi connectivity index (χ1v) is 10.2. The molecule has 0 fully saturated rings. The molecular formula is C20H26N2O3S. The van der Waals surface area contributed by atoms with E-state index < -0.39 is 10.0 Å². The molecule has 0 atom stereocenters. The van der Waals surface area contributed by atoms with Gasteiger partial charge in [0.15, 0.2) is 0 Å². The van der Waals surface area contributed by atoms with Gasteiger partial charge in [-0.15, -0.1) is 0 Å². The van der Waals surface area contributed by atoms with Gasteiger partial charge in [-0.25, -0.2) is 13.1 Å². The maximum Gasteiger partial charge on any atom is 0.253 e. The molecule has 26 heavy (non-hydrogen) atoms. The highest BCUT2D eigenvalue weighted by molar-refractivity contribution is 7.89. The molecule has 5 nitrogen and oxygen atoms in total. The Morgan fingerprint density at radius 1 is 1.12 bits per heavy atom. The topological polar surface area (TPSA) is 66.5 Å². The van der Waals surface area contributed by atoms with E-state index >= 15 is 0 Å². The monoisotopic (exact) mass is 374 g/mol. The highest BCUT2D eigenvalue weighted by Gasteiger charge is 2.19. The number of carbonyl (C=O) groups is 1. The number of carbonyl (C=O) groups excluding carboxylic acids is 1. The Morgan fingerprint density at radius 3 is 2.46 bits per heavy atom. The number of hydrogen-bond donors (Lipinski definition) is 1. The third-order valence-corrected chi connectivity index (χ3v) is 5.78. The molecule has 0 bridgehead atoms. The van der Waals surface area contributed by atoms with E-state index in [1.807, 2.05) is 25.1 Å². The summed E-state index contributed by atoms with van der Waals surface area (Å²) in [5.74, 6) is -0.163. The van der Waals surface area contributed by atoms with Crippen LogP contribution in [0.2, 0.25) is 0 Å². The van der Waals surface area contributed by atoms with Crippen LogP contribution in [0.25, 0.3) is 0 Å². The van der Waals surface area contributed by atoms with Gasteiger partial charge in [-0.3, -0.25) is 4.79 Å². The Bertz CT molecular complexity index is 849. The number of aryl methyl sites for hydroxylation is 2. The zero-order chi connectivity index (χ0) is 19.2. The van der Waals surface area contributed by atoms with Crippen molar-refractivity contribution in [1.82, 2.24) is 9.62 Å². The Balaban J connectivity index is 2.07. The van der Waals surface area contributed by atoms with E-state index in [0.717, 1.165) is 18.4 Å². The van der Waals surface area contributed by atoms with Gasteiger partial charge in [0, 0.05) is 25.7 Å². The molecule has 0 aliphatic carbocycles. The largest absolute Gasteiger partial charge is 0.342 e. The lowest BCUT2D eigenvalue weighted by Crippen LogP contribution is -2.29. The van der Waals surface area contributed by atoms with Crippen LogP contribution in [0.15, 0.2) is 53.4 Å². The zero-order valence-electron chi connectivity index (χ0n) is 15.5. The van der Waals surface area contributed by atoms with Crippen LogP contribution in [-0.4, -0.2) is 39.4 Å². The van der Waals surface area contributed by atoms with Crippen molar-refractivity contribution in [3.63, 3.8) is 0 Å². The molecule has 1 N–H and O–H groups in total. The zero-order valence-corrected chi connectivity index (χ0v) is 16.3. The molecule has 6 heteroatoms. The summed E-state index contributed by atoms with van der Waals surface area (Å²) < 4.78 is 26.8. The van der Waals surface area contributed by atoms with E-state index in [2.05, 4.69) is 16.9 Å². The minimum Gasteiger partial charge on any atom is -0.342 e. The van der Waals surface area contributed by atoms with Crippen molar-refractivity contribution in [2.24, 2.45) is 0 Å². The van der Waals surface area contributed by atoms with Gasteiger partial charge < -0.3 is 4.90 Å². The molecule has 0 radical (unpaired) electrons. The normalized spacial score (nSPS) is 11.3. The number of sulfonamides is 1. The number of nitrogens with one attached hydrogen (secondary N) is 1. The molecule has 2 aromatic carbocycles. The summed E-state index contributed by atoms with van der Waals surface area (Å²) in [7, 11) is -1.83. The van der Waals surface area contributed by atoms with Gasteiger partial charge in [-0.2, -0.15) is 0 Å². The second-order valence-corrected chi connectivity index (χ2v) is 8.06. The van der Waals surface area contributed by atoms with Crippen LogP contribution in [0.3, 0.4) is 0 Å². The molecule has 0 aliphatic rings. The van der Waals surface area contributed by atoms with Gasteiger partial charge in [0.05, 0.1) is 4.90 Å². The number of benzene rings is 2. The van der Waals surface area contributed by atoms with Gasteiger partial charge >= 0.3 is 0 Å². The van der Waals surface area contributed by atoms with Crippen LogP contribution in [0, 0.1) is 6.92 Å². The summed E-state index contributed by atoms with van der Waals surface area (Å²) in [4.78, 5) is 14.5. The average molecular weight is 375 g/mol. The van der Waals surface area contributed by atoms with E-state index in [1.54, 1.807) is 24.9 Å². The Hall–Kier alpha value is -2.18. The van der Waals surface area contributed by atoms with E-state index in [1.165, 1.54) is 17.7 Å². The summed E-state index contributed by atoms with van der Waals surface area (Å²) in [6.07, 6.45) is 1.74. The van der Waals surface area contributed by atoms with Gasteiger partial charge in [-0.05, 0) is 43.0 Å². The Labute approximate surface area is 156 Å². The van der Waals surface area contributed by atoms with Crippen LogP contribution in [0.4, 0.5) is 0 Å². The van der Waals surface area contributed by atoms with Crippen LogP contribution in [0.5, 0.6) is 0 Å². The molecule has 2 aromatic rings. The number of rotatable bonds is 8. The summed E-state index contributed by atoms with van der Waals surface area (Å²) in [6.45, 7) is 4.45. The van der Waals surface area contributed by atoms with E-state index in [0.29, 0.717) is 18.7 Å². The maximum atomic E-state index is 12.8. The van der Waals surface area contributed by atoms with Crippen LogP contribution >= 0.6 is 0 Å². The summed E-state index contributed by atoms with van der Waals surface area (Å²) >= 11 is 0. The predicted molar refractivity (Wildman–Crippen MR) is 104 cm³/mol. The van der Waals surface area contributed by atoms with Crippen molar-refractivity contribution in [2.45, 2.75) is 31.6 Å². The van der Waals surface area contributed by atoms with Crippen LogP contribution in [-0.2, 0) is 16.4 Å². The lowest BCUT2D eigenvalue weighted by atomic mass is 10.1. The molecule has 2 rings (SSSR count). The first-order chi connectivity index (χ1) is 12.3. The minimum absolute atomic E-state index is 0.117. The first-order valence-electron chi connectivity index (χ1n) is 8.75. The van der Waals surface area contributed by atoms with Gasteiger partial charge in [0.25, 0.3) is 5.91 Å². The van der Waals surface area contributed by atoms with Crippen molar-refractivity contribution >= 4 is 15.9 Å². The summed E-state index contributed by atoms with van der Waals surface area (Å²) in [6, 6.07) is 14.8. The van der Waals surface area contributed by atoms with Crippen molar-refractivity contribution in [3.05, 3.63) is 65.2 Å². The van der Waals surface area contributed by atoms with Gasteiger partial charge in [-0.1, -0.05) is 43.3 Å². The van der Waals surface area contributed by atoms with Crippen molar-refractivity contribution in [3.8, 4) is 0 Å². The lowest BCUT2D eigenvalue weighted by Gasteiger charge is -2.19. The van der Waals surface area contributed by atoms with Crippen molar-refractivity contribution in [1.29, 1.82) is 0 Å². The molecule has 0 heterocycles. The molecule has 0 aliphatic heterocycles. The van der Waals surface area contributed by atoms with Gasteiger partial charge in [0.2, 0.25) is 10.0 Å². The Morgan fingerprint density at radius 2 is 1.81 bits per heavy atom. The lowest BCUT2D eigenvalue weighted by molar-refractivity contribution is 0.0792. The average Bonchev–Trinajstić information content (AvgIpc) is 2.62. The van der Waals surface area contributed by atoms with Crippen molar-refractivity contribution < 1.29 is 13.2 Å². The quantitative estimate of drug-likeness (QED) is 0.772. The molecule has 0 aromatic heterocycles. The molecule has 0 saturated heterocycles. The summed E-state index contributed by atoms with van der Waals surface area (Å²) in [5.41, 5.74) is 2.43. The third kappa shape index (κ3) is 5.16. The fourth-order valence-electron chi connectivity index (χ4n) is 2.74. The van der Waals surface area contributed by atoms with E-state index in [9.17, 15) is 13.2 Å². The predicted octanol–water partition coefficient (Wildman–Crippen LogP) is 3.00. The molecule has 1 amide bonds. The van der Waals surface area contributed by atoms with Crippen molar-refractivity contribution in [2.75, 3.05) is 20.1 Å². The second-order valence-electron chi connectivity index (χ2n) is 6.29. The van der Waals surface area contributed by atoms with E-state index in [-0.39, 0.29) is 10.8 Å². The fourth-order valence-corrected chi connectivity index (χ4v) is 3.81. The minimum atomic E-state index is -3.58. The van der Waals surface area contributed by atoms with Gasteiger partial charge in [0.1, 0.15) is 0 Å². The molecule has 0 unspecified atom stereocenters. The molecule has 140 valence electrons. The highest BCUT2D eigenvalue weighted by Crippen LogP contribution is 2.17. The van der Waals surface area contributed by atoms with Crippen LogP contribution < -0.4 is 4.72 Å². The standard InChI is InChI=1S/C20H26N2O3S/c1-4-21-26(24,25)18-13-12-16(2)19(15-18)20(23)22(3)14-8-11-17-9-6-5-7-10-17/h5-7,9-10,12-13,15,21H,4,8,11,14H2,1-3H3. The first kappa shape index (κ1) is 20.1. The number of nitrogens with zero attached hydrogens (tertiary/aromatic N) is 1. The number of hydrogen-bond acceptors (Lipinski definition) is 3. The summed E-state index contributed by atoms with van der Waals surface area (Å²) in [5, 5.41) is 0. The van der Waals surface area contributed by atoms with Crippen LogP contribution in [0.1, 0.15) is 34.8 Å².